The van der Waals surface area contributed by atoms with Crippen molar-refractivity contribution in [1.82, 2.24) is 16.4 Å². The Labute approximate surface area is 42.2 Å². The number of carbonyl (C=O) groups is 1. The number of hydrogen-bond acceptors (Lipinski definition) is 3. The van der Waals surface area contributed by atoms with E-state index in [4.69, 9.17) is 0 Å². The smallest absolute Gasteiger partial charge is 0.222 e. The molecule has 7 heavy (non-hydrogen) atoms. The number of carbonyl (C=O) groups excluding carboxylic acids is 1. The average Bonchev–Trinajstić information content (AvgIpc) is 1.69. The Morgan fingerprint density at radius 3 is 2.86 bits per heavy atom. The summed E-state index contributed by atoms with van der Waals surface area (Å²) in [5.41, 5.74) is 7.28. The van der Waals surface area contributed by atoms with Gasteiger partial charge in [-0.25, -0.2) is 5.43 Å². The third-order valence-electron chi connectivity index (χ3n) is 0.396. The molecule has 4 nitrogen and oxygen atoms in total. The fourth-order valence-corrected chi connectivity index (χ4v) is 0.169. The van der Waals surface area contributed by atoms with Gasteiger partial charge in [-0.2, -0.15) is 5.53 Å². The van der Waals surface area contributed by atoms with Crippen molar-refractivity contribution >= 4 is 6.41 Å². The van der Waals surface area contributed by atoms with Gasteiger partial charge in [-0.05, 0) is 0 Å². The molecule has 0 aromatic rings. The van der Waals surface area contributed by atoms with Crippen LogP contribution in [0.5, 0.6) is 0 Å². The number of nitrogens with one attached hydrogen (secondary N) is 3. The molecule has 42 valence electrons. The molecule has 0 unspecified atom stereocenters. The molecule has 0 aliphatic carbocycles. The first-order chi connectivity index (χ1) is 3.41. The summed E-state index contributed by atoms with van der Waals surface area (Å²) in [6.07, 6.45) is 0.558. The van der Waals surface area contributed by atoms with E-state index in [0.29, 0.717) is 6.41 Å². The van der Waals surface area contributed by atoms with Crippen molar-refractivity contribution in [2.45, 2.75) is 6.92 Å². The van der Waals surface area contributed by atoms with Gasteiger partial charge in [0.15, 0.2) is 0 Å². The lowest BCUT2D eigenvalue weighted by Crippen LogP contribution is -2.42. The number of rotatable bonds is 4. The second-order valence-electron chi connectivity index (χ2n) is 0.918. The number of hydrazine groups is 2. The van der Waals surface area contributed by atoms with E-state index in [1.54, 1.807) is 0 Å². The van der Waals surface area contributed by atoms with Gasteiger partial charge in [0.05, 0.1) is 0 Å². The molecule has 0 heterocycles. The van der Waals surface area contributed by atoms with Crippen LogP contribution in [0.3, 0.4) is 0 Å². The average molecular weight is 103 g/mol. The first kappa shape index (κ1) is 6.39. The third-order valence-corrected chi connectivity index (χ3v) is 0.396. The van der Waals surface area contributed by atoms with Gasteiger partial charge in [-0.3, -0.25) is 10.2 Å². The SMILES string of the molecule is CCNNNC=O. The van der Waals surface area contributed by atoms with Crippen LogP contribution in [0.15, 0.2) is 0 Å². The number of amides is 1. The van der Waals surface area contributed by atoms with E-state index >= 15 is 0 Å². The van der Waals surface area contributed by atoms with E-state index < -0.39 is 0 Å². The highest BCUT2D eigenvalue weighted by atomic mass is 16.1. The molecule has 0 saturated heterocycles. The van der Waals surface area contributed by atoms with Crippen LogP contribution >= 0.6 is 0 Å². The lowest BCUT2D eigenvalue weighted by atomic mass is 10.8. The molecule has 0 aliphatic heterocycles. The van der Waals surface area contributed by atoms with Crippen molar-refractivity contribution in [2.75, 3.05) is 6.54 Å². The minimum Gasteiger partial charge on any atom is -0.281 e. The highest BCUT2D eigenvalue weighted by Gasteiger charge is 1.69. The molecule has 0 spiro atoms. The zero-order chi connectivity index (χ0) is 5.54. The van der Waals surface area contributed by atoms with Gasteiger partial charge >= 0.3 is 0 Å². The minimum absolute atomic E-state index is 0.558. The molecule has 0 rings (SSSR count). The fourth-order valence-electron chi connectivity index (χ4n) is 0.169. The van der Waals surface area contributed by atoms with Crippen LogP contribution in [0, 0.1) is 0 Å². The van der Waals surface area contributed by atoms with E-state index in [9.17, 15) is 4.79 Å². The van der Waals surface area contributed by atoms with E-state index in [1.807, 2.05) is 6.92 Å². The van der Waals surface area contributed by atoms with Gasteiger partial charge in [-0.1, -0.05) is 6.92 Å². The van der Waals surface area contributed by atoms with Gasteiger partial charge < -0.3 is 0 Å². The maximum atomic E-state index is 9.47. The monoisotopic (exact) mass is 103 g/mol. The van der Waals surface area contributed by atoms with Crippen LogP contribution in [0.2, 0.25) is 0 Å². The van der Waals surface area contributed by atoms with E-state index in [0.717, 1.165) is 6.54 Å². The highest BCUT2D eigenvalue weighted by molar-refractivity contribution is 5.44. The van der Waals surface area contributed by atoms with Gasteiger partial charge in [0.25, 0.3) is 0 Å². The summed E-state index contributed by atoms with van der Waals surface area (Å²) in [7, 11) is 0. The quantitative estimate of drug-likeness (QED) is 0.237. The molecule has 0 aromatic heterocycles. The Morgan fingerprint density at radius 2 is 2.43 bits per heavy atom. The third kappa shape index (κ3) is 5.39. The molecule has 0 bridgehead atoms. The summed E-state index contributed by atoms with van der Waals surface area (Å²) >= 11 is 0. The summed E-state index contributed by atoms with van der Waals surface area (Å²) in [6.45, 7) is 2.69. The van der Waals surface area contributed by atoms with Crippen molar-refractivity contribution in [3.05, 3.63) is 0 Å². The number of hydrogen-bond donors (Lipinski definition) is 3. The van der Waals surface area contributed by atoms with Crippen LogP contribution < -0.4 is 16.4 Å². The van der Waals surface area contributed by atoms with Crippen LogP contribution in [0.4, 0.5) is 0 Å². The second-order valence-corrected chi connectivity index (χ2v) is 0.918. The van der Waals surface area contributed by atoms with E-state index in [2.05, 4.69) is 16.4 Å². The van der Waals surface area contributed by atoms with Crippen LogP contribution in [0.1, 0.15) is 6.92 Å². The van der Waals surface area contributed by atoms with E-state index in [-0.39, 0.29) is 0 Å². The van der Waals surface area contributed by atoms with Crippen LogP contribution in [-0.2, 0) is 4.79 Å². The molecular formula is C3H9N3O. The van der Waals surface area contributed by atoms with Crippen molar-refractivity contribution in [3.63, 3.8) is 0 Å². The van der Waals surface area contributed by atoms with Gasteiger partial charge in [0, 0.05) is 6.54 Å². The zero-order valence-electron chi connectivity index (χ0n) is 4.19. The zero-order valence-corrected chi connectivity index (χ0v) is 4.19. The first-order valence-corrected chi connectivity index (χ1v) is 2.09. The van der Waals surface area contributed by atoms with Gasteiger partial charge in [0.2, 0.25) is 6.41 Å². The normalized spacial score (nSPS) is 8.14. The Balaban J connectivity index is 2.56. The molecule has 3 N–H and O–H groups in total. The molecule has 0 atom stereocenters. The van der Waals surface area contributed by atoms with Crippen LogP contribution in [0.25, 0.3) is 0 Å². The van der Waals surface area contributed by atoms with Crippen molar-refractivity contribution in [1.29, 1.82) is 0 Å². The molecule has 0 aromatic carbocycles. The molecule has 4 heteroatoms. The molecule has 0 radical (unpaired) electrons. The summed E-state index contributed by atoms with van der Waals surface area (Å²) in [4.78, 5) is 9.47. The van der Waals surface area contributed by atoms with Gasteiger partial charge in [0.1, 0.15) is 0 Å². The molecule has 0 fully saturated rings. The Morgan fingerprint density at radius 1 is 1.71 bits per heavy atom. The van der Waals surface area contributed by atoms with Crippen molar-refractivity contribution in [2.24, 2.45) is 0 Å². The molecule has 1 amide bonds. The van der Waals surface area contributed by atoms with Crippen molar-refractivity contribution in [3.8, 4) is 0 Å². The topological polar surface area (TPSA) is 53.2 Å². The summed E-state index contributed by atoms with van der Waals surface area (Å²) in [6, 6.07) is 0. The van der Waals surface area contributed by atoms with Crippen molar-refractivity contribution < 1.29 is 4.79 Å². The van der Waals surface area contributed by atoms with Gasteiger partial charge in [-0.15, -0.1) is 0 Å². The predicted molar refractivity (Wildman–Crippen MR) is 26.0 cm³/mol. The predicted octanol–water partition coefficient (Wildman–Crippen LogP) is -1.24. The first-order valence-electron chi connectivity index (χ1n) is 2.09. The Hall–Kier alpha value is -0.610. The fraction of sp³-hybridized carbons (Fsp3) is 0.667. The molecule has 0 aliphatic rings. The maximum absolute atomic E-state index is 9.47. The summed E-state index contributed by atoms with van der Waals surface area (Å²) < 4.78 is 0. The second kappa shape index (κ2) is 5.39. The minimum atomic E-state index is 0.558. The Kier molecular flexibility index (Phi) is 4.92. The Bertz CT molecular complexity index is 47.4. The molecular weight excluding hydrogens is 94.1 g/mol. The standard InChI is InChI=1S/C3H9N3O/c1-2-4-6-5-3-7/h3-4,6H,2H2,1H3,(H,5,7). The lowest BCUT2D eigenvalue weighted by Gasteiger charge is -1.97. The highest BCUT2D eigenvalue weighted by Crippen LogP contribution is 1.37. The van der Waals surface area contributed by atoms with E-state index in [1.165, 1.54) is 0 Å². The molecule has 0 saturated carbocycles. The lowest BCUT2D eigenvalue weighted by molar-refractivity contribution is -0.110. The summed E-state index contributed by atoms with van der Waals surface area (Å²) in [5.74, 6) is 0. The summed E-state index contributed by atoms with van der Waals surface area (Å²) in [5, 5.41) is 0. The largest absolute Gasteiger partial charge is 0.281 e. The van der Waals surface area contributed by atoms with Crippen LogP contribution in [-0.4, -0.2) is 13.0 Å². The maximum Gasteiger partial charge on any atom is 0.222 e.